The number of carboxylic acids is 1. The van der Waals surface area contributed by atoms with E-state index in [1.165, 1.54) is 5.01 Å². The second-order valence-corrected chi connectivity index (χ2v) is 13.5. The summed E-state index contributed by atoms with van der Waals surface area (Å²) in [5, 5.41) is 18.7. The van der Waals surface area contributed by atoms with Crippen molar-refractivity contribution in [2.75, 3.05) is 6.54 Å². The highest BCUT2D eigenvalue weighted by atomic mass is 16.6. The van der Waals surface area contributed by atoms with Gasteiger partial charge in [-0.2, -0.15) is 0 Å². The Morgan fingerprint density at radius 2 is 1.61 bits per heavy atom. The summed E-state index contributed by atoms with van der Waals surface area (Å²) in [5.41, 5.74) is 5.04. The lowest BCUT2D eigenvalue weighted by atomic mass is 9.93. The number of hydrazine groups is 1. The van der Waals surface area contributed by atoms with Gasteiger partial charge in [-0.3, -0.25) is 14.6 Å². The molecule has 6 rings (SSSR count). The predicted molar refractivity (Wildman–Crippen MR) is 169 cm³/mol. The Morgan fingerprint density at radius 1 is 0.978 bits per heavy atom. The maximum absolute atomic E-state index is 14.1. The van der Waals surface area contributed by atoms with E-state index >= 15 is 0 Å². The smallest absolute Gasteiger partial charge is 0.426 e. The molecule has 1 aliphatic heterocycles. The van der Waals surface area contributed by atoms with Crippen LogP contribution in [0.25, 0.3) is 11.1 Å². The summed E-state index contributed by atoms with van der Waals surface area (Å²) < 4.78 is 5.42. The van der Waals surface area contributed by atoms with Crippen molar-refractivity contribution in [3.63, 3.8) is 0 Å². The highest BCUT2D eigenvalue weighted by Crippen LogP contribution is 2.46. The van der Waals surface area contributed by atoms with Crippen LogP contribution in [-0.4, -0.2) is 63.5 Å². The van der Waals surface area contributed by atoms with E-state index in [1.54, 1.807) is 20.8 Å². The zero-order chi connectivity index (χ0) is 32.6. The van der Waals surface area contributed by atoms with E-state index < -0.39 is 53.0 Å². The van der Waals surface area contributed by atoms with Gasteiger partial charge < -0.3 is 20.0 Å². The van der Waals surface area contributed by atoms with Crippen LogP contribution in [0.5, 0.6) is 0 Å². The van der Waals surface area contributed by atoms with Crippen molar-refractivity contribution in [1.82, 2.24) is 15.8 Å². The molecule has 5 atom stereocenters. The number of benzene rings is 2. The number of ether oxygens (including phenoxy) is 1. The SMILES string of the molecule is CC(C)(C)OC(=O)NN1CCCCC=C[C@@H]2C[C@@]2(C(=O)O)NC(=O)[C@@H]2C[C@@H](ON=C3c4ccccc4-c4ccccc43)C[C@H]2C1=O. The average molecular weight is 629 g/mol. The number of carbonyl (C=O) groups is 4. The Hall–Kier alpha value is -4.67. The fourth-order valence-electron chi connectivity index (χ4n) is 6.76. The highest BCUT2D eigenvalue weighted by molar-refractivity contribution is 6.24. The maximum Gasteiger partial charge on any atom is 0.426 e. The van der Waals surface area contributed by atoms with Gasteiger partial charge in [0.25, 0.3) is 0 Å². The van der Waals surface area contributed by atoms with Gasteiger partial charge in [0.1, 0.15) is 23.0 Å². The van der Waals surface area contributed by atoms with Crippen LogP contribution in [0.15, 0.2) is 65.8 Å². The molecule has 3 N–H and O–H groups in total. The number of carbonyl (C=O) groups excluding carboxylic acids is 3. The summed E-state index contributed by atoms with van der Waals surface area (Å²) in [6.07, 6.45) is 4.96. The van der Waals surface area contributed by atoms with Gasteiger partial charge >= 0.3 is 12.1 Å². The van der Waals surface area contributed by atoms with Gasteiger partial charge in [0.05, 0.1) is 11.8 Å². The Bertz CT molecular complexity index is 1560. The largest absolute Gasteiger partial charge is 0.479 e. The normalized spacial score (nSPS) is 27.3. The molecule has 2 aromatic rings. The number of carboxylic acid groups (broad SMARTS) is 1. The number of hydrogen-bond donors (Lipinski definition) is 3. The lowest BCUT2D eigenvalue weighted by molar-refractivity contribution is -0.146. The van der Waals surface area contributed by atoms with Crippen LogP contribution < -0.4 is 10.7 Å². The molecule has 0 radical (unpaired) electrons. The summed E-state index contributed by atoms with van der Waals surface area (Å²) in [6, 6.07) is 15.8. The highest BCUT2D eigenvalue weighted by Gasteiger charge is 2.61. The van der Waals surface area contributed by atoms with E-state index in [1.807, 2.05) is 60.7 Å². The minimum Gasteiger partial charge on any atom is -0.479 e. The van der Waals surface area contributed by atoms with Crippen LogP contribution in [-0.2, 0) is 24.0 Å². The van der Waals surface area contributed by atoms with Gasteiger partial charge in [-0.1, -0.05) is 65.8 Å². The monoisotopic (exact) mass is 628 g/mol. The van der Waals surface area contributed by atoms with Gasteiger partial charge in [0.2, 0.25) is 11.8 Å². The Labute approximate surface area is 268 Å². The second-order valence-electron chi connectivity index (χ2n) is 13.5. The van der Waals surface area contributed by atoms with Gasteiger partial charge in [-0.05, 0) is 70.4 Å². The van der Waals surface area contributed by atoms with E-state index in [-0.39, 0.29) is 31.7 Å². The van der Waals surface area contributed by atoms with Crippen molar-refractivity contribution in [2.24, 2.45) is 22.9 Å². The van der Waals surface area contributed by atoms with Crippen molar-refractivity contribution in [3.05, 3.63) is 71.8 Å². The number of nitrogens with one attached hydrogen (secondary N) is 2. The summed E-state index contributed by atoms with van der Waals surface area (Å²) in [5.74, 6) is -4.18. The molecular formula is C35H40N4O7. The lowest BCUT2D eigenvalue weighted by Gasteiger charge is -2.30. The third kappa shape index (κ3) is 6.23. The minimum atomic E-state index is -1.41. The van der Waals surface area contributed by atoms with Gasteiger partial charge in [-0.15, -0.1) is 0 Å². The number of hydrogen-bond acceptors (Lipinski definition) is 7. The van der Waals surface area contributed by atoms with E-state index in [0.717, 1.165) is 28.7 Å². The molecule has 4 aliphatic rings. The number of aliphatic carboxylic acids is 1. The Morgan fingerprint density at radius 3 is 2.24 bits per heavy atom. The Balaban J connectivity index is 1.29. The first kappa shape index (κ1) is 31.3. The molecule has 0 spiro atoms. The fraction of sp³-hybridized carbons (Fsp3) is 0.457. The first-order chi connectivity index (χ1) is 22.0. The second kappa shape index (κ2) is 12.3. The van der Waals surface area contributed by atoms with Gasteiger partial charge in [0, 0.05) is 23.6 Å². The zero-order valence-corrected chi connectivity index (χ0v) is 26.3. The number of fused-ring (bicyclic) bond motifs is 5. The lowest BCUT2D eigenvalue weighted by Crippen LogP contribution is -2.53. The molecule has 0 bridgehead atoms. The molecule has 3 aliphatic carbocycles. The van der Waals surface area contributed by atoms with E-state index in [2.05, 4.69) is 15.9 Å². The number of rotatable bonds is 4. The zero-order valence-electron chi connectivity index (χ0n) is 26.3. The molecule has 46 heavy (non-hydrogen) atoms. The van der Waals surface area contributed by atoms with Crippen LogP contribution in [0.2, 0.25) is 0 Å². The first-order valence-corrected chi connectivity index (χ1v) is 15.9. The predicted octanol–water partition coefficient (Wildman–Crippen LogP) is 4.80. The van der Waals surface area contributed by atoms with Crippen molar-refractivity contribution < 1.29 is 33.9 Å². The minimum absolute atomic E-state index is 0.152. The van der Waals surface area contributed by atoms with Crippen LogP contribution in [0.4, 0.5) is 4.79 Å². The van der Waals surface area contributed by atoms with Crippen molar-refractivity contribution in [3.8, 4) is 11.1 Å². The average Bonchev–Trinajstić information content (AvgIpc) is 3.38. The van der Waals surface area contributed by atoms with Crippen LogP contribution in [0, 0.1) is 17.8 Å². The molecule has 2 saturated carbocycles. The van der Waals surface area contributed by atoms with E-state index in [9.17, 15) is 24.3 Å². The molecule has 11 nitrogen and oxygen atoms in total. The van der Waals surface area contributed by atoms with Gasteiger partial charge in [-0.25, -0.2) is 15.0 Å². The fourth-order valence-corrected chi connectivity index (χ4v) is 6.76. The summed E-state index contributed by atoms with van der Waals surface area (Å²) >= 11 is 0. The van der Waals surface area contributed by atoms with Crippen LogP contribution in [0.3, 0.4) is 0 Å². The molecule has 0 aromatic heterocycles. The molecule has 11 heteroatoms. The Kier molecular flexibility index (Phi) is 8.35. The number of nitrogens with zero attached hydrogens (tertiary/aromatic N) is 2. The molecule has 242 valence electrons. The molecule has 0 saturated heterocycles. The van der Waals surface area contributed by atoms with Crippen LogP contribution >= 0.6 is 0 Å². The standard InChI is InChI=1S/C35H40N4O7/c1-34(2,3)45-33(44)37-39-17-11-5-4-6-12-21-20-35(21,32(42)43)36-30(40)27-18-22(19-28(27)31(39)41)46-38-29-25-15-9-7-13-23(25)24-14-8-10-16-26(24)29/h6-10,12-16,21-22,27-28H,4-5,11,17-20H2,1-3H3,(H,36,40)(H,37,44)(H,42,43)/t21-,22-,27-,28-,35-/m1/s1. The third-order valence-corrected chi connectivity index (χ3v) is 9.13. The summed E-state index contributed by atoms with van der Waals surface area (Å²) in [7, 11) is 0. The molecule has 0 unspecified atom stereocenters. The molecule has 1 heterocycles. The van der Waals surface area contributed by atoms with Crippen LogP contribution in [0.1, 0.15) is 70.4 Å². The number of amides is 3. The summed E-state index contributed by atoms with van der Waals surface area (Å²) in [6.45, 7) is 5.42. The van der Waals surface area contributed by atoms with Crippen molar-refractivity contribution in [2.45, 2.75) is 76.5 Å². The topological polar surface area (TPSA) is 147 Å². The number of allylic oxidation sites excluding steroid dienone is 1. The number of oxime groups is 1. The quantitative estimate of drug-likeness (QED) is 0.278. The van der Waals surface area contributed by atoms with Gasteiger partial charge in [0.15, 0.2) is 0 Å². The van der Waals surface area contributed by atoms with E-state index in [4.69, 9.17) is 9.57 Å². The molecule has 2 aromatic carbocycles. The first-order valence-electron chi connectivity index (χ1n) is 15.9. The maximum atomic E-state index is 14.1. The molecule has 3 amide bonds. The van der Waals surface area contributed by atoms with Crippen molar-refractivity contribution in [1.29, 1.82) is 0 Å². The molecule has 2 fully saturated rings. The van der Waals surface area contributed by atoms with E-state index in [0.29, 0.717) is 18.6 Å². The van der Waals surface area contributed by atoms with Crippen molar-refractivity contribution >= 4 is 29.6 Å². The summed E-state index contributed by atoms with van der Waals surface area (Å²) in [4.78, 5) is 59.2. The third-order valence-electron chi connectivity index (χ3n) is 9.13. The molecular weight excluding hydrogens is 588 g/mol.